The number of nitrogens with zero attached hydrogens (tertiary/aromatic N) is 2. The number of carboxylic acids is 1. The molecule has 0 aliphatic carbocycles. The van der Waals surface area contributed by atoms with Crippen LogP contribution in [-0.4, -0.2) is 60.6 Å². The van der Waals surface area contributed by atoms with Crippen molar-refractivity contribution in [1.29, 1.82) is 0 Å². The van der Waals surface area contributed by atoms with Crippen LogP contribution in [0.5, 0.6) is 0 Å². The second kappa shape index (κ2) is 6.86. The number of hydrogen-bond donors (Lipinski definition) is 1. The summed E-state index contributed by atoms with van der Waals surface area (Å²) in [5, 5.41) is 8.85. The molecule has 1 heterocycles. The van der Waals surface area contributed by atoms with Crippen molar-refractivity contribution in [3.63, 3.8) is 0 Å². The largest absolute Gasteiger partial charge is 0.478 e. The minimum Gasteiger partial charge on any atom is -0.478 e. The predicted octanol–water partition coefficient (Wildman–Crippen LogP) is 1.95. The quantitative estimate of drug-likeness (QED) is 0.862. The van der Waals surface area contributed by atoms with Crippen molar-refractivity contribution in [2.75, 3.05) is 33.7 Å². The number of likely N-dealkylation sites (N-methyl/N-ethyl adjacent to an activating group) is 1. The van der Waals surface area contributed by atoms with Gasteiger partial charge in [0.05, 0.1) is 5.56 Å². The van der Waals surface area contributed by atoms with E-state index in [0.717, 1.165) is 19.4 Å². The van der Waals surface area contributed by atoms with Gasteiger partial charge in [0, 0.05) is 12.6 Å². The van der Waals surface area contributed by atoms with Gasteiger partial charge in [0.1, 0.15) is 0 Å². The topological polar surface area (TPSA) is 43.8 Å². The number of carbonyl (C=O) groups is 1. The number of hydrogen-bond acceptors (Lipinski definition) is 3. The molecule has 0 amide bonds. The third kappa shape index (κ3) is 4.05. The van der Waals surface area contributed by atoms with Gasteiger partial charge in [-0.15, -0.1) is 0 Å². The van der Waals surface area contributed by atoms with Crippen LogP contribution in [0.15, 0.2) is 24.3 Å². The molecule has 0 spiro atoms. The first kappa shape index (κ1) is 15.0. The average molecular weight is 276 g/mol. The molecule has 1 N–H and O–H groups in total. The lowest BCUT2D eigenvalue weighted by Crippen LogP contribution is -2.31. The molecular weight excluding hydrogens is 252 g/mol. The molecule has 4 nitrogen and oxygen atoms in total. The van der Waals surface area contributed by atoms with Gasteiger partial charge in [-0.25, -0.2) is 4.79 Å². The molecule has 20 heavy (non-hydrogen) atoms. The summed E-state index contributed by atoms with van der Waals surface area (Å²) in [4.78, 5) is 15.6. The van der Waals surface area contributed by atoms with E-state index in [9.17, 15) is 4.79 Å². The molecule has 1 atom stereocenters. The Labute approximate surface area is 121 Å². The molecule has 0 radical (unpaired) electrons. The molecule has 2 rings (SSSR count). The van der Waals surface area contributed by atoms with Crippen molar-refractivity contribution >= 4 is 5.97 Å². The zero-order valence-corrected chi connectivity index (χ0v) is 12.4. The van der Waals surface area contributed by atoms with Gasteiger partial charge in [0.25, 0.3) is 0 Å². The van der Waals surface area contributed by atoms with Crippen LogP contribution in [-0.2, 0) is 6.42 Å². The van der Waals surface area contributed by atoms with Gasteiger partial charge >= 0.3 is 5.97 Å². The maximum Gasteiger partial charge on any atom is 0.335 e. The van der Waals surface area contributed by atoms with E-state index in [-0.39, 0.29) is 0 Å². The van der Waals surface area contributed by atoms with E-state index >= 15 is 0 Å². The Kier molecular flexibility index (Phi) is 5.15. The monoisotopic (exact) mass is 276 g/mol. The van der Waals surface area contributed by atoms with Crippen LogP contribution in [0.2, 0.25) is 0 Å². The summed E-state index contributed by atoms with van der Waals surface area (Å²) in [5.41, 5.74) is 1.58. The van der Waals surface area contributed by atoms with Crippen molar-refractivity contribution < 1.29 is 9.90 Å². The summed E-state index contributed by atoms with van der Waals surface area (Å²) in [6, 6.07) is 7.93. The van der Waals surface area contributed by atoms with Crippen molar-refractivity contribution in [2.45, 2.75) is 25.3 Å². The highest BCUT2D eigenvalue weighted by atomic mass is 16.4. The molecule has 1 aromatic carbocycles. The maximum absolute atomic E-state index is 10.8. The standard InChI is InChI=1S/C16H24N2O2/c1-17(2)15-9-11-18(12-15)10-3-4-13-5-7-14(8-6-13)16(19)20/h5-8,15H,3-4,9-12H2,1-2H3,(H,19,20). The molecule has 1 aromatic rings. The summed E-state index contributed by atoms with van der Waals surface area (Å²) >= 11 is 0. The fourth-order valence-electron chi connectivity index (χ4n) is 2.76. The van der Waals surface area contributed by atoms with Crippen molar-refractivity contribution in [3.8, 4) is 0 Å². The number of benzene rings is 1. The van der Waals surface area contributed by atoms with E-state index in [1.807, 2.05) is 12.1 Å². The smallest absolute Gasteiger partial charge is 0.335 e. The van der Waals surface area contributed by atoms with E-state index in [1.165, 1.54) is 25.1 Å². The highest BCUT2D eigenvalue weighted by Crippen LogP contribution is 2.14. The summed E-state index contributed by atoms with van der Waals surface area (Å²) in [6.45, 7) is 3.50. The third-order valence-electron chi connectivity index (χ3n) is 4.12. The second-order valence-electron chi connectivity index (χ2n) is 5.81. The fourth-order valence-corrected chi connectivity index (χ4v) is 2.76. The molecule has 0 bridgehead atoms. The molecular formula is C16H24N2O2. The molecule has 0 saturated carbocycles. The van der Waals surface area contributed by atoms with Crippen LogP contribution in [0.4, 0.5) is 0 Å². The average Bonchev–Trinajstić information content (AvgIpc) is 2.88. The number of aromatic carboxylic acids is 1. The zero-order chi connectivity index (χ0) is 14.5. The molecule has 110 valence electrons. The number of aryl methyl sites for hydroxylation is 1. The van der Waals surface area contributed by atoms with Gasteiger partial charge in [0.15, 0.2) is 0 Å². The molecule has 1 aliphatic rings. The Morgan fingerprint density at radius 2 is 2.05 bits per heavy atom. The Balaban J connectivity index is 1.72. The van der Waals surface area contributed by atoms with Gasteiger partial charge in [0.2, 0.25) is 0 Å². The molecule has 1 saturated heterocycles. The number of carboxylic acid groups (broad SMARTS) is 1. The van der Waals surface area contributed by atoms with Gasteiger partial charge in [-0.3, -0.25) is 0 Å². The number of likely N-dealkylation sites (tertiary alicyclic amines) is 1. The highest BCUT2D eigenvalue weighted by Gasteiger charge is 2.23. The second-order valence-corrected chi connectivity index (χ2v) is 5.81. The van der Waals surface area contributed by atoms with Crippen LogP contribution in [0.25, 0.3) is 0 Å². The Morgan fingerprint density at radius 3 is 2.60 bits per heavy atom. The van der Waals surface area contributed by atoms with E-state index in [2.05, 4.69) is 23.9 Å². The van der Waals surface area contributed by atoms with Crippen LogP contribution in [0.1, 0.15) is 28.8 Å². The predicted molar refractivity (Wildman–Crippen MR) is 80.3 cm³/mol. The van der Waals surface area contributed by atoms with Crippen molar-refractivity contribution in [3.05, 3.63) is 35.4 Å². The van der Waals surface area contributed by atoms with E-state index in [1.54, 1.807) is 12.1 Å². The summed E-state index contributed by atoms with van der Waals surface area (Å²) < 4.78 is 0. The first-order chi connectivity index (χ1) is 9.56. The lowest BCUT2D eigenvalue weighted by Gasteiger charge is -2.20. The molecule has 4 heteroatoms. The van der Waals surface area contributed by atoms with Crippen LogP contribution in [0, 0.1) is 0 Å². The van der Waals surface area contributed by atoms with Gasteiger partial charge < -0.3 is 14.9 Å². The first-order valence-corrected chi connectivity index (χ1v) is 7.27. The SMILES string of the molecule is CN(C)C1CCN(CCCc2ccc(C(=O)O)cc2)C1. The number of rotatable bonds is 6. The van der Waals surface area contributed by atoms with Crippen LogP contribution >= 0.6 is 0 Å². The fraction of sp³-hybridized carbons (Fsp3) is 0.562. The Hall–Kier alpha value is -1.39. The molecule has 1 aliphatic heterocycles. The van der Waals surface area contributed by atoms with E-state index < -0.39 is 5.97 Å². The third-order valence-corrected chi connectivity index (χ3v) is 4.12. The Bertz CT molecular complexity index is 442. The normalized spacial score (nSPS) is 19.6. The lowest BCUT2D eigenvalue weighted by atomic mass is 10.1. The Morgan fingerprint density at radius 1 is 1.35 bits per heavy atom. The molecule has 0 aromatic heterocycles. The first-order valence-electron chi connectivity index (χ1n) is 7.27. The highest BCUT2D eigenvalue weighted by molar-refractivity contribution is 5.87. The van der Waals surface area contributed by atoms with Gasteiger partial charge in [-0.05, 0) is 64.1 Å². The van der Waals surface area contributed by atoms with Crippen LogP contribution < -0.4 is 0 Å². The summed E-state index contributed by atoms with van der Waals surface area (Å²) in [5.74, 6) is -0.858. The lowest BCUT2D eigenvalue weighted by molar-refractivity contribution is 0.0697. The van der Waals surface area contributed by atoms with Crippen molar-refractivity contribution in [1.82, 2.24) is 9.80 Å². The minimum absolute atomic E-state index is 0.363. The van der Waals surface area contributed by atoms with E-state index in [0.29, 0.717) is 11.6 Å². The van der Waals surface area contributed by atoms with Gasteiger partial charge in [-0.2, -0.15) is 0 Å². The summed E-state index contributed by atoms with van der Waals surface area (Å²) in [7, 11) is 4.30. The summed E-state index contributed by atoms with van der Waals surface area (Å²) in [6.07, 6.45) is 3.41. The van der Waals surface area contributed by atoms with Crippen LogP contribution in [0.3, 0.4) is 0 Å². The van der Waals surface area contributed by atoms with Crippen molar-refractivity contribution in [2.24, 2.45) is 0 Å². The van der Waals surface area contributed by atoms with Gasteiger partial charge in [-0.1, -0.05) is 12.1 Å². The minimum atomic E-state index is -0.858. The molecule has 1 fully saturated rings. The molecule has 1 unspecified atom stereocenters. The van der Waals surface area contributed by atoms with E-state index in [4.69, 9.17) is 5.11 Å². The zero-order valence-electron chi connectivity index (χ0n) is 12.4. The maximum atomic E-state index is 10.8.